The number of aryl methyl sites for hydroxylation is 2. The van der Waals surface area contributed by atoms with Gasteiger partial charge in [0.15, 0.2) is 4.96 Å². The van der Waals surface area contributed by atoms with Gasteiger partial charge in [0, 0.05) is 17.5 Å². The fourth-order valence-electron chi connectivity index (χ4n) is 2.74. The summed E-state index contributed by atoms with van der Waals surface area (Å²) in [5, 5.41) is 2.59. The number of aromatic nitrogens is 2. The van der Waals surface area contributed by atoms with Crippen LogP contribution in [0.4, 0.5) is 0 Å². The standard InChI is InChI=1S/C17H14N2S/c1-11-10-19-12(2)16(20-17(19)18-11)15-9-5-7-13-6-3-4-8-14(13)15/h3-10H,1-2H3. The van der Waals surface area contributed by atoms with Crippen LogP contribution in [-0.4, -0.2) is 9.38 Å². The van der Waals surface area contributed by atoms with Gasteiger partial charge in [-0.15, -0.1) is 0 Å². The lowest BCUT2D eigenvalue weighted by molar-refractivity contribution is 1.13. The lowest BCUT2D eigenvalue weighted by Gasteiger charge is -2.05. The van der Waals surface area contributed by atoms with Crippen LogP contribution in [0.15, 0.2) is 48.7 Å². The summed E-state index contributed by atoms with van der Waals surface area (Å²) in [5.41, 5.74) is 3.64. The van der Waals surface area contributed by atoms with E-state index in [1.165, 1.54) is 26.9 Å². The Kier molecular flexibility index (Phi) is 2.44. The summed E-state index contributed by atoms with van der Waals surface area (Å²) >= 11 is 1.76. The van der Waals surface area contributed by atoms with Crippen molar-refractivity contribution < 1.29 is 0 Å². The van der Waals surface area contributed by atoms with E-state index >= 15 is 0 Å². The largest absolute Gasteiger partial charge is 0.294 e. The molecule has 2 aromatic carbocycles. The number of imidazole rings is 1. The minimum atomic E-state index is 1.07. The average Bonchev–Trinajstić information content (AvgIpc) is 2.97. The van der Waals surface area contributed by atoms with Gasteiger partial charge in [0.2, 0.25) is 0 Å². The zero-order valence-electron chi connectivity index (χ0n) is 11.4. The van der Waals surface area contributed by atoms with Crippen LogP contribution in [0.25, 0.3) is 26.2 Å². The minimum Gasteiger partial charge on any atom is -0.294 e. The summed E-state index contributed by atoms with van der Waals surface area (Å²) < 4.78 is 2.19. The number of benzene rings is 2. The lowest BCUT2D eigenvalue weighted by Crippen LogP contribution is -1.85. The molecule has 0 spiro atoms. The van der Waals surface area contributed by atoms with Crippen LogP contribution in [0.5, 0.6) is 0 Å². The van der Waals surface area contributed by atoms with Gasteiger partial charge in [-0.2, -0.15) is 0 Å². The van der Waals surface area contributed by atoms with Crippen LogP contribution in [0, 0.1) is 13.8 Å². The normalized spacial score (nSPS) is 11.5. The number of rotatable bonds is 1. The van der Waals surface area contributed by atoms with Crippen LogP contribution in [-0.2, 0) is 0 Å². The molecule has 2 aromatic heterocycles. The third kappa shape index (κ3) is 1.60. The lowest BCUT2D eigenvalue weighted by atomic mass is 10.0. The SMILES string of the molecule is Cc1cn2c(C)c(-c3cccc4ccccc34)sc2n1. The molecule has 0 saturated carbocycles. The van der Waals surface area contributed by atoms with E-state index in [9.17, 15) is 0 Å². The highest BCUT2D eigenvalue weighted by Gasteiger charge is 2.13. The van der Waals surface area contributed by atoms with Crippen molar-refractivity contribution in [3.8, 4) is 10.4 Å². The fourth-order valence-corrected chi connectivity index (χ4v) is 3.93. The zero-order chi connectivity index (χ0) is 13.7. The van der Waals surface area contributed by atoms with Crippen molar-refractivity contribution in [1.82, 2.24) is 9.38 Å². The van der Waals surface area contributed by atoms with Crippen molar-refractivity contribution in [2.75, 3.05) is 0 Å². The summed E-state index contributed by atoms with van der Waals surface area (Å²) in [7, 11) is 0. The topological polar surface area (TPSA) is 17.3 Å². The maximum absolute atomic E-state index is 4.58. The Labute approximate surface area is 121 Å². The summed E-state index contributed by atoms with van der Waals surface area (Å²) in [4.78, 5) is 6.96. The second-order valence-corrected chi connectivity index (χ2v) is 6.06. The van der Waals surface area contributed by atoms with Crippen LogP contribution >= 0.6 is 11.3 Å². The maximum atomic E-state index is 4.58. The van der Waals surface area contributed by atoms with E-state index in [-0.39, 0.29) is 0 Å². The molecule has 0 atom stereocenters. The Bertz CT molecular complexity index is 925. The highest BCUT2D eigenvalue weighted by atomic mass is 32.1. The van der Waals surface area contributed by atoms with Gasteiger partial charge in [-0.25, -0.2) is 4.98 Å². The van der Waals surface area contributed by atoms with Crippen molar-refractivity contribution in [2.45, 2.75) is 13.8 Å². The molecule has 0 saturated heterocycles. The van der Waals surface area contributed by atoms with Crippen molar-refractivity contribution in [3.63, 3.8) is 0 Å². The van der Waals surface area contributed by atoms with Crippen molar-refractivity contribution >= 4 is 27.1 Å². The first-order chi connectivity index (χ1) is 9.74. The monoisotopic (exact) mass is 278 g/mol. The van der Waals surface area contributed by atoms with Crippen molar-refractivity contribution in [2.24, 2.45) is 0 Å². The Hall–Kier alpha value is -2.13. The number of fused-ring (bicyclic) bond motifs is 2. The molecular formula is C17H14N2S. The van der Waals surface area contributed by atoms with Gasteiger partial charge in [0.25, 0.3) is 0 Å². The van der Waals surface area contributed by atoms with Gasteiger partial charge in [0.05, 0.1) is 10.6 Å². The molecule has 0 aliphatic rings. The summed E-state index contributed by atoms with van der Waals surface area (Å²) in [6, 6.07) is 15.0. The Morgan fingerprint density at radius 1 is 1.00 bits per heavy atom. The fraction of sp³-hybridized carbons (Fsp3) is 0.118. The predicted molar refractivity (Wildman–Crippen MR) is 85.5 cm³/mol. The van der Waals surface area contributed by atoms with E-state index in [1.807, 2.05) is 6.92 Å². The molecule has 0 aliphatic carbocycles. The van der Waals surface area contributed by atoms with Crippen molar-refractivity contribution in [3.05, 3.63) is 60.0 Å². The summed E-state index contributed by atoms with van der Waals surface area (Å²) in [6.45, 7) is 4.21. The van der Waals surface area contributed by atoms with Gasteiger partial charge in [0.1, 0.15) is 0 Å². The van der Waals surface area contributed by atoms with Gasteiger partial charge < -0.3 is 0 Å². The second-order valence-electron chi connectivity index (χ2n) is 5.08. The Morgan fingerprint density at radius 2 is 1.80 bits per heavy atom. The molecule has 98 valence electrons. The first kappa shape index (κ1) is 11.7. The van der Waals surface area contributed by atoms with Gasteiger partial charge in [-0.05, 0) is 24.6 Å². The van der Waals surface area contributed by atoms with Crippen LogP contribution in [0.2, 0.25) is 0 Å². The summed E-state index contributed by atoms with van der Waals surface area (Å²) in [6.07, 6.45) is 2.11. The molecule has 2 nitrogen and oxygen atoms in total. The molecular weight excluding hydrogens is 264 g/mol. The molecule has 4 rings (SSSR count). The molecule has 3 heteroatoms. The number of nitrogens with zero attached hydrogens (tertiary/aromatic N) is 2. The van der Waals surface area contributed by atoms with Crippen LogP contribution < -0.4 is 0 Å². The number of hydrogen-bond acceptors (Lipinski definition) is 2. The van der Waals surface area contributed by atoms with Gasteiger partial charge >= 0.3 is 0 Å². The van der Waals surface area contributed by atoms with E-state index in [4.69, 9.17) is 0 Å². The minimum absolute atomic E-state index is 1.07. The molecule has 0 unspecified atom stereocenters. The molecule has 4 aromatic rings. The number of thiazole rings is 1. The smallest absolute Gasteiger partial charge is 0.194 e. The van der Waals surface area contributed by atoms with E-state index in [2.05, 4.69) is 65.0 Å². The molecule has 20 heavy (non-hydrogen) atoms. The first-order valence-electron chi connectivity index (χ1n) is 6.67. The highest BCUT2D eigenvalue weighted by molar-refractivity contribution is 7.20. The molecule has 2 heterocycles. The van der Waals surface area contributed by atoms with Gasteiger partial charge in [-0.1, -0.05) is 53.8 Å². The third-order valence-corrected chi connectivity index (χ3v) is 4.90. The van der Waals surface area contributed by atoms with E-state index in [0.29, 0.717) is 0 Å². The third-order valence-electron chi connectivity index (χ3n) is 3.71. The summed E-state index contributed by atoms with van der Waals surface area (Å²) in [5.74, 6) is 0. The molecule has 0 bridgehead atoms. The maximum Gasteiger partial charge on any atom is 0.194 e. The predicted octanol–water partition coefficient (Wildman–Crippen LogP) is 4.83. The Morgan fingerprint density at radius 3 is 2.65 bits per heavy atom. The molecule has 0 radical (unpaired) electrons. The average molecular weight is 278 g/mol. The zero-order valence-corrected chi connectivity index (χ0v) is 12.2. The molecule has 0 amide bonds. The highest BCUT2D eigenvalue weighted by Crippen LogP contribution is 2.36. The molecule has 0 fully saturated rings. The second kappa shape index (κ2) is 4.18. The molecule has 0 N–H and O–H groups in total. The number of hydrogen-bond donors (Lipinski definition) is 0. The first-order valence-corrected chi connectivity index (χ1v) is 7.49. The van der Waals surface area contributed by atoms with E-state index in [0.717, 1.165) is 10.7 Å². The van der Waals surface area contributed by atoms with Crippen LogP contribution in [0.3, 0.4) is 0 Å². The van der Waals surface area contributed by atoms with E-state index in [1.54, 1.807) is 11.3 Å². The van der Waals surface area contributed by atoms with Gasteiger partial charge in [-0.3, -0.25) is 4.40 Å². The van der Waals surface area contributed by atoms with E-state index < -0.39 is 0 Å². The Balaban J connectivity index is 2.06. The quantitative estimate of drug-likeness (QED) is 0.487. The van der Waals surface area contributed by atoms with Crippen LogP contribution in [0.1, 0.15) is 11.4 Å². The van der Waals surface area contributed by atoms with Crippen molar-refractivity contribution in [1.29, 1.82) is 0 Å². The molecule has 0 aliphatic heterocycles.